The molecule has 1 heterocycles. The summed E-state index contributed by atoms with van der Waals surface area (Å²) in [5, 5.41) is 0.517. The lowest BCUT2D eigenvalue weighted by Crippen LogP contribution is -2.13. The summed E-state index contributed by atoms with van der Waals surface area (Å²) >= 11 is 8.95. The zero-order valence-electron chi connectivity index (χ0n) is 9.58. The Labute approximate surface area is 105 Å². The van der Waals surface area contributed by atoms with Gasteiger partial charge in [-0.2, -0.15) is 4.37 Å². The molecule has 0 aliphatic heterocycles. The van der Waals surface area contributed by atoms with Crippen molar-refractivity contribution in [3.63, 3.8) is 0 Å². The van der Waals surface area contributed by atoms with Crippen LogP contribution in [0.1, 0.15) is 39.9 Å². The van der Waals surface area contributed by atoms with Gasteiger partial charge in [0.25, 0.3) is 0 Å². The smallest absolute Gasteiger partial charge is 0.170 e. The summed E-state index contributed by atoms with van der Waals surface area (Å²) in [4.78, 5) is 4.53. The molecule has 15 heavy (non-hydrogen) atoms. The van der Waals surface area contributed by atoms with Crippen molar-refractivity contribution < 1.29 is 0 Å². The molecule has 0 N–H and O–H groups in total. The molecule has 1 rings (SSSR count). The Morgan fingerprint density at radius 2 is 2.13 bits per heavy atom. The van der Waals surface area contributed by atoms with Crippen molar-refractivity contribution in [2.75, 3.05) is 5.88 Å². The van der Waals surface area contributed by atoms with Crippen molar-refractivity contribution in [1.29, 1.82) is 0 Å². The number of halogens is 1. The van der Waals surface area contributed by atoms with Gasteiger partial charge in [0.05, 0.1) is 0 Å². The fourth-order valence-electron chi connectivity index (χ4n) is 0.947. The molecule has 0 bridgehead atoms. The zero-order chi connectivity index (χ0) is 11.5. The molecule has 1 aromatic rings. The molecular weight excluding hydrogens is 248 g/mol. The minimum Gasteiger partial charge on any atom is -0.212 e. The van der Waals surface area contributed by atoms with Gasteiger partial charge >= 0.3 is 0 Å². The first-order valence-electron chi connectivity index (χ1n) is 5.00. The molecular formula is C10H17ClN2S2. The Balaban J connectivity index is 2.61. The minimum absolute atomic E-state index is 0.0467. The topological polar surface area (TPSA) is 25.8 Å². The van der Waals surface area contributed by atoms with Crippen LogP contribution in [0.4, 0.5) is 0 Å². The molecule has 0 amide bonds. The fourth-order valence-corrected chi connectivity index (χ4v) is 3.51. The second kappa shape index (κ2) is 5.51. The van der Waals surface area contributed by atoms with Gasteiger partial charge in [-0.05, 0) is 18.0 Å². The van der Waals surface area contributed by atoms with Gasteiger partial charge in [0.15, 0.2) is 4.34 Å². The quantitative estimate of drug-likeness (QED) is 0.608. The van der Waals surface area contributed by atoms with Crippen LogP contribution < -0.4 is 0 Å². The van der Waals surface area contributed by atoms with Gasteiger partial charge in [0.1, 0.15) is 5.82 Å². The van der Waals surface area contributed by atoms with Crippen LogP contribution in [0.15, 0.2) is 4.34 Å². The van der Waals surface area contributed by atoms with Crippen LogP contribution in [0.2, 0.25) is 0 Å². The van der Waals surface area contributed by atoms with E-state index >= 15 is 0 Å². The number of aromatic nitrogens is 2. The van der Waals surface area contributed by atoms with E-state index in [2.05, 4.69) is 37.1 Å². The summed E-state index contributed by atoms with van der Waals surface area (Å²) in [5.41, 5.74) is 0.0467. The van der Waals surface area contributed by atoms with Crippen LogP contribution in [0, 0.1) is 0 Å². The molecule has 1 atom stereocenters. The number of hydrogen-bond donors (Lipinski definition) is 0. The van der Waals surface area contributed by atoms with Gasteiger partial charge in [-0.15, -0.1) is 11.6 Å². The molecule has 1 aromatic heterocycles. The number of hydrogen-bond acceptors (Lipinski definition) is 4. The van der Waals surface area contributed by atoms with E-state index in [0.29, 0.717) is 11.1 Å². The van der Waals surface area contributed by atoms with Gasteiger partial charge in [-0.1, -0.05) is 39.5 Å². The average molecular weight is 265 g/mol. The molecule has 0 aromatic carbocycles. The lowest BCUT2D eigenvalue weighted by molar-refractivity contribution is 0.551. The summed E-state index contributed by atoms with van der Waals surface area (Å²) in [5.74, 6) is 1.65. The third-order valence-corrected chi connectivity index (χ3v) is 4.07. The Morgan fingerprint density at radius 3 is 2.60 bits per heavy atom. The number of alkyl halides is 1. The molecule has 2 nitrogen and oxygen atoms in total. The van der Waals surface area contributed by atoms with E-state index in [0.717, 1.165) is 16.6 Å². The van der Waals surface area contributed by atoms with E-state index < -0.39 is 0 Å². The van der Waals surface area contributed by atoms with Crippen LogP contribution in [0.3, 0.4) is 0 Å². The lowest BCUT2D eigenvalue weighted by Gasteiger charge is -2.12. The first-order valence-corrected chi connectivity index (χ1v) is 7.19. The van der Waals surface area contributed by atoms with E-state index in [1.165, 1.54) is 11.5 Å². The van der Waals surface area contributed by atoms with Gasteiger partial charge in [0, 0.05) is 16.5 Å². The normalized spacial score (nSPS) is 14.2. The zero-order valence-corrected chi connectivity index (χ0v) is 12.0. The Hall–Kier alpha value is 0.200. The molecule has 0 saturated heterocycles. The Kier molecular flexibility index (Phi) is 4.87. The first-order chi connectivity index (χ1) is 6.93. The Morgan fingerprint density at radius 1 is 1.47 bits per heavy atom. The number of thioether (sulfide) groups is 1. The molecule has 0 spiro atoms. The molecule has 0 aliphatic rings. The van der Waals surface area contributed by atoms with Crippen LogP contribution >= 0.6 is 34.9 Å². The maximum Gasteiger partial charge on any atom is 0.170 e. The first kappa shape index (κ1) is 13.3. The van der Waals surface area contributed by atoms with Gasteiger partial charge in [-0.25, -0.2) is 4.98 Å². The average Bonchev–Trinajstić information content (AvgIpc) is 2.52. The van der Waals surface area contributed by atoms with Crippen molar-refractivity contribution >= 4 is 34.9 Å². The SMILES string of the molecule is CC(CCCl)Sc1nc(C(C)(C)C)ns1. The third kappa shape index (κ3) is 4.29. The standard InChI is InChI=1S/C10H17ClN2S2/c1-7(5-6-11)14-9-12-8(13-15-9)10(2,3)4/h7H,5-6H2,1-4H3. The van der Waals surface area contributed by atoms with Crippen LogP contribution in [0.5, 0.6) is 0 Å². The lowest BCUT2D eigenvalue weighted by atomic mass is 9.96. The van der Waals surface area contributed by atoms with E-state index in [4.69, 9.17) is 11.6 Å². The summed E-state index contributed by atoms with van der Waals surface area (Å²) in [6.07, 6.45) is 1.01. The summed E-state index contributed by atoms with van der Waals surface area (Å²) in [7, 11) is 0. The maximum absolute atomic E-state index is 5.69. The van der Waals surface area contributed by atoms with E-state index in [1.807, 2.05) is 0 Å². The second-order valence-corrected chi connectivity index (χ2v) is 7.36. The molecule has 5 heteroatoms. The Bertz CT molecular complexity index is 307. The largest absolute Gasteiger partial charge is 0.212 e. The predicted molar refractivity (Wildman–Crippen MR) is 69.3 cm³/mol. The van der Waals surface area contributed by atoms with Crippen LogP contribution in [0.25, 0.3) is 0 Å². The van der Waals surface area contributed by atoms with Crippen LogP contribution in [-0.4, -0.2) is 20.5 Å². The highest BCUT2D eigenvalue weighted by Gasteiger charge is 2.20. The minimum atomic E-state index is 0.0467. The number of rotatable bonds is 4. The summed E-state index contributed by atoms with van der Waals surface area (Å²) in [6, 6.07) is 0. The molecule has 86 valence electrons. The fraction of sp³-hybridized carbons (Fsp3) is 0.800. The van der Waals surface area contributed by atoms with Crippen molar-refractivity contribution in [3.8, 4) is 0 Å². The molecule has 0 aliphatic carbocycles. The third-order valence-electron chi connectivity index (χ3n) is 1.90. The second-order valence-electron chi connectivity index (χ2n) is 4.54. The monoisotopic (exact) mass is 264 g/mol. The van der Waals surface area contributed by atoms with Crippen molar-refractivity contribution in [3.05, 3.63) is 5.82 Å². The highest BCUT2D eigenvalue weighted by Crippen LogP contribution is 2.29. The van der Waals surface area contributed by atoms with E-state index in [1.54, 1.807) is 11.8 Å². The number of nitrogens with zero attached hydrogens (tertiary/aromatic N) is 2. The molecule has 0 saturated carbocycles. The predicted octanol–water partition coefficient (Wildman–Crippen LogP) is 3.95. The van der Waals surface area contributed by atoms with Gasteiger partial charge < -0.3 is 0 Å². The van der Waals surface area contributed by atoms with E-state index in [9.17, 15) is 0 Å². The maximum atomic E-state index is 5.69. The van der Waals surface area contributed by atoms with Crippen molar-refractivity contribution in [1.82, 2.24) is 9.36 Å². The highest BCUT2D eigenvalue weighted by molar-refractivity contribution is 8.01. The van der Waals surface area contributed by atoms with Gasteiger partial charge in [-0.3, -0.25) is 0 Å². The molecule has 0 fully saturated rings. The molecule has 0 radical (unpaired) electrons. The summed E-state index contributed by atoms with van der Waals surface area (Å²) in [6.45, 7) is 8.56. The van der Waals surface area contributed by atoms with E-state index in [-0.39, 0.29) is 5.41 Å². The summed E-state index contributed by atoms with van der Waals surface area (Å²) < 4.78 is 5.43. The van der Waals surface area contributed by atoms with Crippen molar-refractivity contribution in [2.45, 2.75) is 49.1 Å². The van der Waals surface area contributed by atoms with Gasteiger partial charge in [0.2, 0.25) is 0 Å². The molecule has 1 unspecified atom stereocenters. The van der Waals surface area contributed by atoms with Crippen molar-refractivity contribution in [2.24, 2.45) is 0 Å². The van der Waals surface area contributed by atoms with Crippen LogP contribution in [-0.2, 0) is 5.41 Å². The highest BCUT2D eigenvalue weighted by atomic mass is 35.5.